The van der Waals surface area contributed by atoms with Crippen LogP contribution in [0.3, 0.4) is 0 Å². The number of hydrogen-bond donors (Lipinski definition) is 1. The second-order valence-electron chi connectivity index (χ2n) is 3.65. The predicted octanol–water partition coefficient (Wildman–Crippen LogP) is 1.37. The Morgan fingerprint density at radius 3 is 2.15 bits per heavy atom. The Bertz CT molecular complexity index is 187. The third-order valence-corrected chi connectivity index (χ3v) is 2.14. The fraction of sp³-hybridized carbons (Fsp3) is 0.800. The van der Waals surface area contributed by atoms with Crippen LogP contribution in [0.4, 0.5) is 0 Å². The van der Waals surface area contributed by atoms with Gasteiger partial charge in [0.25, 0.3) is 0 Å². The van der Waals surface area contributed by atoms with E-state index < -0.39 is 0 Å². The van der Waals surface area contributed by atoms with E-state index in [1.165, 1.54) is 0 Å². The lowest BCUT2D eigenvalue weighted by molar-refractivity contribution is -0.128. The zero-order valence-electron chi connectivity index (χ0n) is 8.89. The lowest BCUT2D eigenvalue weighted by Crippen LogP contribution is -2.34. The molecule has 1 atom stereocenters. The van der Waals surface area contributed by atoms with Gasteiger partial charge in [0.05, 0.1) is 6.54 Å². The molecule has 0 radical (unpaired) electrons. The molecule has 0 saturated carbocycles. The summed E-state index contributed by atoms with van der Waals surface area (Å²) in [5.41, 5.74) is 0. The van der Waals surface area contributed by atoms with Gasteiger partial charge in [0, 0.05) is 11.8 Å². The normalized spacial score (nSPS) is 12.7. The van der Waals surface area contributed by atoms with Crippen LogP contribution >= 0.6 is 0 Å². The Labute approximate surface area is 79.9 Å². The lowest BCUT2D eigenvalue weighted by Gasteiger charge is -2.10. The van der Waals surface area contributed by atoms with Gasteiger partial charge < -0.3 is 5.32 Å². The molecule has 0 aliphatic heterocycles. The van der Waals surface area contributed by atoms with Crippen molar-refractivity contribution >= 4 is 11.7 Å². The highest BCUT2D eigenvalue weighted by molar-refractivity contribution is 5.87. The molecule has 0 rings (SSSR count). The number of amides is 1. The van der Waals surface area contributed by atoms with Crippen molar-refractivity contribution in [1.82, 2.24) is 5.32 Å². The number of carbonyl (C=O) groups is 2. The van der Waals surface area contributed by atoms with E-state index in [9.17, 15) is 9.59 Å². The standard InChI is InChI=1S/C10H19NO2/c1-5-8(4)10(13)11-6-9(12)7(2)3/h7-8H,5-6H2,1-4H3,(H,11,13). The van der Waals surface area contributed by atoms with Crippen molar-refractivity contribution < 1.29 is 9.59 Å². The maximum Gasteiger partial charge on any atom is 0.223 e. The molecule has 0 aliphatic rings. The van der Waals surface area contributed by atoms with Crippen molar-refractivity contribution in [2.24, 2.45) is 11.8 Å². The monoisotopic (exact) mass is 185 g/mol. The van der Waals surface area contributed by atoms with E-state index in [0.717, 1.165) is 6.42 Å². The van der Waals surface area contributed by atoms with Crippen LogP contribution in [0.25, 0.3) is 0 Å². The van der Waals surface area contributed by atoms with Gasteiger partial charge >= 0.3 is 0 Å². The molecule has 3 nitrogen and oxygen atoms in total. The van der Waals surface area contributed by atoms with Crippen LogP contribution in [0, 0.1) is 11.8 Å². The molecule has 0 aromatic heterocycles. The summed E-state index contributed by atoms with van der Waals surface area (Å²) >= 11 is 0. The summed E-state index contributed by atoms with van der Waals surface area (Å²) in [7, 11) is 0. The number of Topliss-reactive ketones (excluding diaryl/α,β-unsaturated/α-hetero) is 1. The van der Waals surface area contributed by atoms with Gasteiger partial charge in [0.2, 0.25) is 5.91 Å². The van der Waals surface area contributed by atoms with E-state index in [2.05, 4.69) is 5.32 Å². The third kappa shape index (κ3) is 4.65. The molecule has 3 heteroatoms. The average Bonchev–Trinajstić information content (AvgIpc) is 2.11. The van der Waals surface area contributed by atoms with Gasteiger partial charge in [-0.15, -0.1) is 0 Å². The van der Waals surface area contributed by atoms with E-state index >= 15 is 0 Å². The summed E-state index contributed by atoms with van der Waals surface area (Å²) in [6.07, 6.45) is 0.807. The van der Waals surface area contributed by atoms with Gasteiger partial charge in [-0.3, -0.25) is 9.59 Å². The summed E-state index contributed by atoms with van der Waals surface area (Å²) in [5, 5.41) is 2.63. The molecular weight excluding hydrogens is 166 g/mol. The summed E-state index contributed by atoms with van der Waals surface area (Å²) in [4.78, 5) is 22.4. The van der Waals surface area contributed by atoms with Crippen LogP contribution in [0.2, 0.25) is 0 Å². The molecule has 0 aliphatic carbocycles. The van der Waals surface area contributed by atoms with Crippen molar-refractivity contribution in [3.8, 4) is 0 Å². The molecule has 13 heavy (non-hydrogen) atoms. The number of ketones is 1. The maximum atomic E-state index is 11.2. The highest BCUT2D eigenvalue weighted by Crippen LogP contribution is 2.00. The van der Waals surface area contributed by atoms with Crippen LogP contribution in [-0.4, -0.2) is 18.2 Å². The van der Waals surface area contributed by atoms with Crippen LogP contribution in [-0.2, 0) is 9.59 Å². The van der Waals surface area contributed by atoms with Crippen LogP contribution < -0.4 is 5.32 Å². The molecule has 0 aromatic rings. The Balaban J connectivity index is 3.77. The number of carbonyl (C=O) groups excluding carboxylic acids is 2. The Morgan fingerprint density at radius 2 is 1.77 bits per heavy atom. The first-order chi connectivity index (χ1) is 5.99. The highest BCUT2D eigenvalue weighted by Gasteiger charge is 2.12. The minimum atomic E-state index is -0.0310. The van der Waals surface area contributed by atoms with Crippen molar-refractivity contribution in [1.29, 1.82) is 0 Å². The van der Waals surface area contributed by atoms with E-state index in [-0.39, 0.29) is 30.1 Å². The molecular formula is C10H19NO2. The van der Waals surface area contributed by atoms with E-state index in [4.69, 9.17) is 0 Å². The van der Waals surface area contributed by atoms with Crippen molar-refractivity contribution in [3.05, 3.63) is 0 Å². The molecule has 76 valence electrons. The molecule has 0 fully saturated rings. The summed E-state index contributed by atoms with van der Waals surface area (Å²) < 4.78 is 0. The zero-order chi connectivity index (χ0) is 10.4. The van der Waals surface area contributed by atoms with Gasteiger partial charge in [-0.1, -0.05) is 27.7 Å². The Kier molecular flexibility index (Phi) is 5.35. The van der Waals surface area contributed by atoms with E-state index in [1.807, 2.05) is 27.7 Å². The molecule has 1 amide bonds. The molecule has 1 unspecified atom stereocenters. The molecule has 1 N–H and O–H groups in total. The fourth-order valence-corrected chi connectivity index (χ4v) is 0.738. The number of hydrogen-bond acceptors (Lipinski definition) is 2. The minimum absolute atomic E-state index is 0.0000350. The highest BCUT2D eigenvalue weighted by atomic mass is 16.2. The van der Waals surface area contributed by atoms with E-state index in [0.29, 0.717) is 0 Å². The second-order valence-corrected chi connectivity index (χ2v) is 3.65. The van der Waals surface area contributed by atoms with Crippen molar-refractivity contribution in [2.75, 3.05) is 6.54 Å². The number of rotatable bonds is 5. The van der Waals surface area contributed by atoms with Gasteiger partial charge in [-0.05, 0) is 6.42 Å². The van der Waals surface area contributed by atoms with Gasteiger partial charge in [-0.25, -0.2) is 0 Å². The second kappa shape index (κ2) is 5.73. The van der Waals surface area contributed by atoms with Gasteiger partial charge in [0.1, 0.15) is 0 Å². The predicted molar refractivity (Wildman–Crippen MR) is 52.3 cm³/mol. The molecule has 0 aromatic carbocycles. The third-order valence-electron chi connectivity index (χ3n) is 2.14. The van der Waals surface area contributed by atoms with Crippen molar-refractivity contribution in [3.63, 3.8) is 0 Å². The maximum absolute atomic E-state index is 11.2. The summed E-state index contributed by atoms with van der Waals surface area (Å²) in [5.74, 6) is 0.0466. The first-order valence-corrected chi connectivity index (χ1v) is 4.79. The quantitative estimate of drug-likeness (QED) is 0.703. The van der Waals surface area contributed by atoms with Gasteiger partial charge in [0.15, 0.2) is 5.78 Å². The molecule has 0 bridgehead atoms. The minimum Gasteiger partial charge on any atom is -0.349 e. The summed E-state index contributed by atoms with van der Waals surface area (Å²) in [6.45, 7) is 7.64. The average molecular weight is 185 g/mol. The molecule has 0 heterocycles. The zero-order valence-corrected chi connectivity index (χ0v) is 8.89. The SMILES string of the molecule is CCC(C)C(=O)NCC(=O)C(C)C. The molecule has 0 spiro atoms. The topological polar surface area (TPSA) is 46.2 Å². The van der Waals surface area contributed by atoms with Crippen LogP contribution in [0.1, 0.15) is 34.1 Å². The Morgan fingerprint density at radius 1 is 1.23 bits per heavy atom. The van der Waals surface area contributed by atoms with Crippen LogP contribution in [0.15, 0.2) is 0 Å². The fourth-order valence-electron chi connectivity index (χ4n) is 0.738. The van der Waals surface area contributed by atoms with E-state index in [1.54, 1.807) is 0 Å². The largest absolute Gasteiger partial charge is 0.349 e. The first kappa shape index (κ1) is 12.1. The molecule has 0 saturated heterocycles. The van der Waals surface area contributed by atoms with Gasteiger partial charge in [-0.2, -0.15) is 0 Å². The van der Waals surface area contributed by atoms with Crippen LogP contribution in [0.5, 0.6) is 0 Å². The Hall–Kier alpha value is -0.860. The smallest absolute Gasteiger partial charge is 0.223 e. The summed E-state index contributed by atoms with van der Waals surface area (Å²) in [6, 6.07) is 0. The first-order valence-electron chi connectivity index (χ1n) is 4.79. The van der Waals surface area contributed by atoms with Crippen molar-refractivity contribution in [2.45, 2.75) is 34.1 Å². The number of nitrogens with one attached hydrogen (secondary N) is 1. The lowest BCUT2D eigenvalue weighted by atomic mass is 10.1.